The minimum absolute atomic E-state index is 0.0352. The number of carbonyl (C=O) groups is 4. The minimum atomic E-state index is -0.537. The zero-order chi connectivity index (χ0) is 40.0. The number of phenolic OH excluding ortho intramolecular Hbond substituents is 1. The zero-order valence-corrected chi connectivity index (χ0v) is 34.2. The number of benzene rings is 3. The molecule has 7 fully saturated rings. The standard InChI is InChI=1S/C48H61N5O5/c1-2-6-39-28-49-44(55)45(56)52(39)30-40-9-5-17-50(40)29-41(23-32-11-14-43(54)15-12-32)53-31-42(24-33-10-13-37-7-3-4-8-38(37)22-33)51(46(57)47(53)58)18-16-48-25-34-19-35(26-48)21-36(20-34)27-48/h3-4,7-8,10-15,22,34-36,39-42,54H,2,5-6,9,16-21,23-31H2,1H3,(H,49,55). The number of piperazine rings is 2. The number of nitrogens with zero attached hydrogens (tertiary/aromatic N) is 4. The van der Waals surface area contributed by atoms with Gasteiger partial charge in [-0.3, -0.25) is 24.1 Å². The molecule has 58 heavy (non-hydrogen) atoms. The maximum Gasteiger partial charge on any atom is 0.312 e. The van der Waals surface area contributed by atoms with E-state index < -0.39 is 17.7 Å². The molecular weight excluding hydrogens is 727 g/mol. The van der Waals surface area contributed by atoms with Crippen molar-refractivity contribution in [2.75, 3.05) is 39.3 Å². The lowest BCUT2D eigenvalue weighted by Crippen LogP contribution is -2.65. The number of hydrogen-bond acceptors (Lipinski definition) is 6. The highest BCUT2D eigenvalue weighted by Crippen LogP contribution is 2.61. The molecule has 10 nitrogen and oxygen atoms in total. The van der Waals surface area contributed by atoms with Gasteiger partial charge in [0.25, 0.3) is 0 Å². The summed E-state index contributed by atoms with van der Waals surface area (Å²) in [6.07, 6.45) is 13.7. The number of fused-ring (bicyclic) bond motifs is 1. The van der Waals surface area contributed by atoms with Crippen LogP contribution in [0.25, 0.3) is 10.8 Å². The van der Waals surface area contributed by atoms with Crippen molar-refractivity contribution >= 4 is 34.4 Å². The van der Waals surface area contributed by atoms with Crippen LogP contribution in [-0.4, -0.2) is 112 Å². The monoisotopic (exact) mass is 787 g/mol. The summed E-state index contributed by atoms with van der Waals surface area (Å²) in [4.78, 5) is 63.1. The van der Waals surface area contributed by atoms with E-state index in [1.807, 2.05) is 21.9 Å². The number of hydrogen-bond donors (Lipinski definition) is 2. The molecule has 3 saturated heterocycles. The van der Waals surface area contributed by atoms with Gasteiger partial charge >= 0.3 is 23.6 Å². The molecule has 3 aromatic carbocycles. The van der Waals surface area contributed by atoms with Gasteiger partial charge in [-0.15, -0.1) is 0 Å². The molecule has 3 aromatic rings. The van der Waals surface area contributed by atoms with Gasteiger partial charge in [-0.05, 0) is 141 Å². The molecule has 7 aliphatic rings. The first-order chi connectivity index (χ1) is 28.1. The van der Waals surface area contributed by atoms with E-state index in [1.165, 1.54) is 49.3 Å². The van der Waals surface area contributed by atoms with Crippen LogP contribution in [0.1, 0.15) is 88.7 Å². The van der Waals surface area contributed by atoms with Gasteiger partial charge in [0.05, 0.1) is 6.04 Å². The lowest BCUT2D eigenvalue weighted by atomic mass is 9.49. The van der Waals surface area contributed by atoms with Gasteiger partial charge in [0.15, 0.2) is 0 Å². The van der Waals surface area contributed by atoms with Crippen molar-refractivity contribution in [1.82, 2.24) is 24.9 Å². The Morgan fingerprint density at radius 3 is 2.22 bits per heavy atom. The Labute approximate surface area is 343 Å². The molecule has 4 aliphatic carbocycles. The normalized spacial score (nSPS) is 30.5. The van der Waals surface area contributed by atoms with E-state index >= 15 is 0 Å². The van der Waals surface area contributed by atoms with E-state index in [9.17, 15) is 24.3 Å². The molecule has 308 valence electrons. The Balaban J connectivity index is 0.997. The highest BCUT2D eigenvalue weighted by molar-refractivity contribution is 6.36. The molecule has 0 spiro atoms. The Bertz CT molecular complexity index is 1980. The summed E-state index contributed by atoms with van der Waals surface area (Å²) < 4.78 is 0. The molecule has 10 rings (SSSR count). The van der Waals surface area contributed by atoms with Crippen molar-refractivity contribution in [3.05, 3.63) is 77.9 Å². The fourth-order valence-corrected chi connectivity index (χ4v) is 12.7. The van der Waals surface area contributed by atoms with Gasteiger partial charge in [-0.2, -0.15) is 0 Å². The van der Waals surface area contributed by atoms with Crippen LogP contribution >= 0.6 is 0 Å². The van der Waals surface area contributed by atoms with E-state index in [4.69, 9.17) is 0 Å². The third-order valence-electron chi connectivity index (χ3n) is 15.1. The van der Waals surface area contributed by atoms with Crippen LogP contribution in [-0.2, 0) is 32.0 Å². The van der Waals surface area contributed by atoms with Crippen LogP contribution in [0.2, 0.25) is 0 Å². The first kappa shape index (κ1) is 39.0. The molecule has 3 heterocycles. The summed E-state index contributed by atoms with van der Waals surface area (Å²) in [5, 5.41) is 15.3. The van der Waals surface area contributed by atoms with E-state index in [2.05, 4.69) is 59.6 Å². The quantitative estimate of drug-likeness (QED) is 0.196. The van der Waals surface area contributed by atoms with Crippen LogP contribution in [0.15, 0.2) is 66.7 Å². The summed E-state index contributed by atoms with van der Waals surface area (Å²) >= 11 is 0. The molecule has 2 N–H and O–H groups in total. The maximum absolute atomic E-state index is 14.7. The van der Waals surface area contributed by atoms with Crippen LogP contribution in [0.4, 0.5) is 0 Å². The summed E-state index contributed by atoms with van der Waals surface area (Å²) in [5.74, 6) is 0.855. The number of phenols is 1. The molecule has 4 unspecified atom stereocenters. The van der Waals surface area contributed by atoms with Crippen molar-refractivity contribution < 1.29 is 24.3 Å². The number of amides is 4. The summed E-state index contributed by atoms with van der Waals surface area (Å²) in [7, 11) is 0. The van der Waals surface area contributed by atoms with Crippen molar-refractivity contribution in [3.63, 3.8) is 0 Å². The van der Waals surface area contributed by atoms with Gasteiger partial charge in [-0.25, -0.2) is 0 Å². The van der Waals surface area contributed by atoms with Gasteiger partial charge in [-0.1, -0.05) is 67.9 Å². The largest absolute Gasteiger partial charge is 0.508 e. The smallest absolute Gasteiger partial charge is 0.312 e. The number of likely N-dealkylation sites (tertiary alicyclic amines) is 1. The van der Waals surface area contributed by atoms with Crippen molar-refractivity contribution in [2.24, 2.45) is 23.2 Å². The van der Waals surface area contributed by atoms with Gasteiger partial charge < -0.3 is 25.1 Å². The number of carbonyl (C=O) groups excluding carboxylic acids is 4. The van der Waals surface area contributed by atoms with Gasteiger partial charge in [0.2, 0.25) is 0 Å². The second kappa shape index (κ2) is 16.3. The fourth-order valence-electron chi connectivity index (χ4n) is 12.7. The lowest BCUT2D eigenvalue weighted by molar-refractivity contribution is -0.162. The Hall–Kier alpha value is -4.44. The molecule has 0 radical (unpaired) electrons. The molecule has 10 heteroatoms. The van der Waals surface area contributed by atoms with Gasteiger partial charge in [0, 0.05) is 50.8 Å². The first-order valence-corrected chi connectivity index (χ1v) is 22.3. The maximum atomic E-state index is 14.7. The molecule has 4 amide bonds. The van der Waals surface area contributed by atoms with Gasteiger partial charge in [0.1, 0.15) is 5.75 Å². The van der Waals surface area contributed by atoms with Crippen LogP contribution in [0.5, 0.6) is 5.75 Å². The molecule has 0 aromatic heterocycles. The van der Waals surface area contributed by atoms with E-state index in [1.54, 1.807) is 17.0 Å². The van der Waals surface area contributed by atoms with Crippen LogP contribution in [0.3, 0.4) is 0 Å². The third-order valence-corrected chi connectivity index (χ3v) is 15.1. The van der Waals surface area contributed by atoms with Crippen molar-refractivity contribution in [1.29, 1.82) is 0 Å². The average molecular weight is 788 g/mol. The summed E-state index contributed by atoms with van der Waals surface area (Å²) in [6.45, 7) is 5.47. The number of nitrogens with one attached hydrogen (secondary N) is 1. The lowest BCUT2D eigenvalue weighted by Gasteiger charge is -2.57. The summed E-state index contributed by atoms with van der Waals surface area (Å²) in [5.41, 5.74) is 2.44. The second-order valence-electron chi connectivity index (χ2n) is 19.1. The number of rotatable bonds is 14. The van der Waals surface area contributed by atoms with E-state index in [-0.39, 0.29) is 35.8 Å². The summed E-state index contributed by atoms with van der Waals surface area (Å²) in [6, 6.07) is 21.7. The third kappa shape index (κ3) is 7.97. The Kier molecular flexibility index (Phi) is 11.0. The first-order valence-electron chi connectivity index (χ1n) is 22.3. The molecule has 4 saturated carbocycles. The van der Waals surface area contributed by atoms with E-state index in [0.717, 1.165) is 67.5 Å². The zero-order valence-electron chi connectivity index (χ0n) is 34.2. The van der Waals surface area contributed by atoms with Crippen LogP contribution in [0, 0.1) is 23.2 Å². The molecule has 4 bridgehead atoms. The average Bonchev–Trinajstić information content (AvgIpc) is 3.65. The SMILES string of the molecule is CCCC1CNC(=O)C(=O)N1CC1CCCN1CC(Cc1ccc(O)cc1)N1CC(Cc2ccc3ccccc3c2)N(CCC23CC4CC(CC(C4)C2)C3)C(=O)C1=O. The van der Waals surface area contributed by atoms with Crippen molar-refractivity contribution in [3.8, 4) is 5.75 Å². The van der Waals surface area contributed by atoms with E-state index in [0.29, 0.717) is 51.0 Å². The second-order valence-corrected chi connectivity index (χ2v) is 19.1. The number of aromatic hydroxyl groups is 1. The Morgan fingerprint density at radius 1 is 0.793 bits per heavy atom. The fraction of sp³-hybridized carbons (Fsp3) is 0.583. The van der Waals surface area contributed by atoms with Crippen molar-refractivity contribution in [2.45, 2.75) is 115 Å². The topological polar surface area (TPSA) is 114 Å². The highest BCUT2D eigenvalue weighted by atomic mass is 16.3. The predicted octanol–water partition coefficient (Wildman–Crippen LogP) is 5.94. The Morgan fingerprint density at radius 2 is 1.50 bits per heavy atom. The van der Waals surface area contributed by atoms with Crippen LogP contribution < -0.4 is 5.32 Å². The molecule has 3 aliphatic heterocycles. The minimum Gasteiger partial charge on any atom is -0.508 e. The highest BCUT2D eigenvalue weighted by Gasteiger charge is 2.52. The predicted molar refractivity (Wildman–Crippen MR) is 224 cm³/mol. The molecule has 4 atom stereocenters. The molecular formula is C48H61N5O5.